The summed E-state index contributed by atoms with van der Waals surface area (Å²) >= 11 is 3.52. The van der Waals surface area contributed by atoms with Crippen molar-refractivity contribution in [3.05, 3.63) is 69.2 Å². The standard InChI is InChI=1S/C20H22BrF2NO.C2H5NO/c21-15-6-5-14-2-1-3-20(19(14)10-15)24-12-18(25)7-4-13-8-16(22)11-17(23)9-13;1-2(3)4/h5-6,8-11,18,20,24-25H,1-4,7,12H2;1H3,(H2,3,4)/t18-,20-;/m0./s1. The van der Waals surface area contributed by atoms with Crippen molar-refractivity contribution in [1.29, 1.82) is 0 Å². The van der Waals surface area contributed by atoms with Gasteiger partial charge in [-0.05, 0) is 73.1 Å². The Hall–Kier alpha value is -1.83. The van der Waals surface area contributed by atoms with Gasteiger partial charge < -0.3 is 16.2 Å². The zero-order valence-electron chi connectivity index (χ0n) is 16.4. The van der Waals surface area contributed by atoms with Gasteiger partial charge in [0, 0.05) is 30.0 Å². The van der Waals surface area contributed by atoms with E-state index in [1.807, 2.05) is 0 Å². The molecule has 7 heteroatoms. The number of nitrogens with one attached hydrogen (secondary N) is 1. The Kier molecular flexibility index (Phi) is 9.20. The van der Waals surface area contributed by atoms with Crippen LogP contribution in [0.25, 0.3) is 0 Å². The summed E-state index contributed by atoms with van der Waals surface area (Å²) in [7, 11) is 0. The predicted molar refractivity (Wildman–Crippen MR) is 113 cm³/mol. The van der Waals surface area contributed by atoms with Gasteiger partial charge in [0.1, 0.15) is 11.6 Å². The molecule has 0 unspecified atom stereocenters. The smallest absolute Gasteiger partial charge is 0.214 e. The molecule has 158 valence electrons. The molecule has 1 amide bonds. The average molecular weight is 469 g/mol. The molecule has 0 fully saturated rings. The minimum Gasteiger partial charge on any atom is -0.392 e. The van der Waals surface area contributed by atoms with E-state index in [4.69, 9.17) is 0 Å². The zero-order valence-corrected chi connectivity index (χ0v) is 18.0. The number of aliphatic hydroxyl groups excluding tert-OH is 1. The lowest BCUT2D eigenvalue weighted by Gasteiger charge is -2.27. The second kappa shape index (κ2) is 11.4. The van der Waals surface area contributed by atoms with Crippen molar-refractivity contribution >= 4 is 21.8 Å². The van der Waals surface area contributed by atoms with Gasteiger partial charge in [-0.2, -0.15) is 0 Å². The van der Waals surface area contributed by atoms with E-state index in [9.17, 15) is 18.7 Å². The lowest BCUT2D eigenvalue weighted by atomic mass is 9.87. The van der Waals surface area contributed by atoms with E-state index in [0.717, 1.165) is 29.8 Å². The molecule has 0 aromatic heterocycles. The lowest BCUT2D eigenvalue weighted by Crippen LogP contribution is -2.32. The van der Waals surface area contributed by atoms with Crippen LogP contribution in [0.2, 0.25) is 0 Å². The number of halogens is 3. The summed E-state index contributed by atoms with van der Waals surface area (Å²) in [6.45, 7) is 1.77. The van der Waals surface area contributed by atoms with Crippen molar-refractivity contribution in [1.82, 2.24) is 5.32 Å². The van der Waals surface area contributed by atoms with E-state index in [0.29, 0.717) is 24.9 Å². The van der Waals surface area contributed by atoms with Crippen LogP contribution in [0, 0.1) is 11.6 Å². The van der Waals surface area contributed by atoms with Gasteiger partial charge in [-0.1, -0.05) is 22.0 Å². The van der Waals surface area contributed by atoms with Crippen molar-refractivity contribution in [2.45, 2.75) is 51.2 Å². The minimum absolute atomic E-state index is 0.238. The third-order valence-electron chi connectivity index (χ3n) is 4.71. The summed E-state index contributed by atoms with van der Waals surface area (Å²) in [4.78, 5) is 9.22. The summed E-state index contributed by atoms with van der Waals surface area (Å²) in [5.74, 6) is -1.49. The van der Waals surface area contributed by atoms with Gasteiger partial charge in [0.05, 0.1) is 6.10 Å². The Balaban J connectivity index is 0.000000687. The molecule has 0 spiro atoms. The maximum absolute atomic E-state index is 13.2. The quantitative estimate of drug-likeness (QED) is 0.595. The molecule has 0 aliphatic heterocycles. The topological polar surface area (TPSA) is 75.4 Å². The highest BCUT2D eigenvalue weighted by Gasteiger charge is 2.20. The summed E-state index contributed by atoms with van der Waals surface area (Å²) in [6.07, 6.45) is 3.63. The van der Waals surface area contributed by atoms with E-state index in [-0.39, 0.29) is 11.9 Å². The molecule has 2 aromatic rings. The fourth-order valence-electron chi connectivity index (χ4n) is 3.45. The first kappa shape index (κ1) is 23.4. The second-order valence-corrected chi connectivity index (χ2v) is 8.19. The van der Waals surface area contributed by atoms with Gasteiger partial charge in [0.15, 0.2) is 0 Å². The number of amides is 1. The third-order valence-corrected chi connectivity index (χ3v) is 5.20. The van der Waals surface area contributed by atoms with Gasteiger partial charge in [-0.15, -0.1) is 0 Å². The summed E-state index contributed by atoms with van der Waals surface area (Å²) < 4.78 is 27.5. The molecular weight excluding hydrogens is 442 g/mol. The SMILES string of the molecule is CC(N)=O.O[C@@H](CCc1cc(F)cc(F)c1)CN[C@H]1CCCc2ccc(Br)cc21. The Morgan fingerprint density at radius 2 is 1.93 bits per heavy atom. The monoisotopic (exact) mass is 468 g/mol. The highest BCUT2D eigenvalue weighted by Crippen LogP contribution is 2.31. The van der Waals surface area contributed by atoms with Gasteiger partial charge in [-0.3, -0.25) is 4.79 Å². The number of carbonyl (C=O) groups excluding carboxylic acids is 1. The number of aliphatic hydroxyl groups is 1. The lowest BCUT2D eigenvalue weighted by molar-refractivity contribution is -0.115. The molecule has 0 bridgehead atoms. The van der Waals surface area contributed by atoms with Crippen LogP contribution in [0.3, 0.4) is 0 Å². The van der Waals surface area contributed by atoms with Gasteiger partial charge >= 0.3 is 0 Å². The van der Waals surface area contributed by atoms with Crippen LogP contribution >= 0.6 is 15.9 Å². The van der Waals surface area contributed by atoms with Gasteiger partial charge in [0.2, 0.25) is 5.91 Å². The number of rotatable bonds is 6. The maximum Gasteiger partial charge on any atom is 0.214 e. The molecule has 4 N–H and O–H groups in total. The minimum atomic E-state index is -0.577. The Bertz CT molecular complexity index is 808. The molecule has 2 atom stereocenters. The Morgan fingerprint density at radius 3 is 2.59 bits per heavy atom. The number of fused-ring (bicyclic) bond motifs is 1. The molecule has 0 radical (unpaired) electrons. The Labute approximate surface area is 178 Å². The van der Waals surface area contributed by atoms with Crippen LogP contribution in [0.5, 0.6) is 0 Å². The molecule has 1 aliphatic carbocycles. The third kappa shape index (κ3) is 8.20. The largest absolute Gasteiger partial charge is 0.392 e. The Morgan fingerprint density at radius 1 is 1.28 bits per heavy atom. The number of hydrogen-bond acceptors (Lipinski definition) is 3. The van der Waals surface area contributed by atoms with Crippen molar-refractivity contribution in [2.75, 3.05) is 6.54 Å². The zero-order chi connectivity index (χ0) is 21.4. The maximum atomic E-state index is 13.2. The number of carbonyl (C=O) groups is 1. The molecule has 0 heterocycles. The first-order valence-corrected chi connectivity index (χ1v) is 10.4. The van der Waals surface area contributed by atoms with Crippen molar-refractivity contribution in [3.63, 3.8) is 0 Å². The molecule has 0 saturated carbocycles. The fraction of sp³-hybridized carbons (Fsp3) is 0.409. The van der Waals surface area contributed by atoms with Gasteiger partial charge in [0.25, 0.3) is 0 Å². The average Bonchev–Trinajstić information content (AvgIpc) is 2.63. The molecule has 4 nitrogen and oxygen atoms in total. The first-order valence-electron chi connectivity index (χ1n) is 9.65. The van der Waals surface area contributed by atoms with Crippen LogP contribution in [0.1, 0.15) is 48.9 Å². The molecule has 0 saturated heterocycles. The fourth-order valence-corrected chi connectivity index (χ4v) is 3.83. The van der Waals surface area contributed by atoms with E-state index in [2.05, 4.69) is 45.2 Å². The summed E-state index contributed by atoms with van der Waals surface area (Å²) in [5.41, 5.74) is 7.69. The predicted octanol–water partition coefficient (Wildman–Crippen LogP) is 4.18. The van der Waals surface area contributed by atoms with Gasteiger partial charge in [-0.25, -0.2) is 8.78 Å². The van der Waals surface area contributed by atoms with Crippen LogP contribution < -0.4 is 11.1 Å². The summed E-state index contributed by atoms with van der Waals surface area (Å²) in [6, 6.07) is 10.1. The summed E-state index contributed by atoms with van der Waals surface area (Å²) in [5, 5.41) is 13.7. The van der Waals surface area contributed by atoms with Crippen molar-refractivity contribution < 1.29 is 18.7 Å². The van der Waals surface area contributed by atoms with Crippen LogP contribution in [0.15, 0.2) is 40.9 Å². The second-order valence-electron chi connectivity index (χ2n) is 7.28. The highest BCUT2D eigenvalue weighted by molar-refractivity contribution is 9.10. The van der Waals surface area contributed by atoms with E-state index in [1.165, 1.54) is 30.2 Å². The first-order chi connectivity index (χ1) is 13.7. The van der Waals surface area contributed by atoms with Crippen LogP contribution in [-0.4, -0.2) is 23.7 Å². The molecule has 3 rings (SSSR count). The number of nitrogens with two attached hydrogens (primary N) is 1. The normalized spacial score (nSPS) is 16.4. The highest BCUT2D eigenvalue weighted by atomic mass is 79.9. The number of primary amides is 1. The molecule has 29 heavy (non-hydrogen) atoms. The van der Waals surface area contributed by atoms with Crippen molar-refractivity contribution in [2.24, 2.45) is 5.73 Å². The van der Waals surface area contributed by atoms with E-state index >= 15 is 0 Å². The molecular formula is C22H27BrF2N2O2. The van der Waals surface area contributed by atoms with E-state index < -0.39 is 17.7 Å². The van der Waals surface area contributed by atoms with Crippen LogP contribution in [0.4, 0.5) is 8.78 Å². The number of hydrogen-bond donors (Lipinski definition) is 3. The number of benzene rings is 2. The van der Waals surface area contributed by atoms with E-state index in [1.54, 1.807) is 0 Å². The number of aryl methyl sites for hydroxylation is 2. The molecule has 2 aromatic carbocycles. The van der Waals surface area contributed by atoms with Crippen LogP contribution in [-0.2, 0) is 17.6 Å². The molecule has 1 aliphatic rings. The van der Waals surface area contributed by atoms with Crippen molar-refractivity contribution in [3.8, 4) is 0 Å².